The van der Waals surface area contributed by atoms with Gasteiger partial charge in [0.05, 0.1) is 0 Å². The predicted molar refractivity (Wildman–Crippen MR) is 58.9 cm³/mol. The maximum atomic E-state index is 3.55. The molecule has 0 heteroatoms. The zero-order chi connectivity index (χ0) is 9.78. The monoisotopic (exact) mass is 170 g/mol. The maximum Gasteiger partial charge on any atom is 0.00963 e. The second-order valence-corrected chi connectivity index (χ2v) is 2.30. The Morgan fingerprint density at radius 3 is 2.69 bits per heavy atom. The Bertz CT molecular complexity index is 294. The number of allylic oxidation sites excluding steroid dienone is 5. The van der Waals surface area contributed by atoms with Crippen LogP contribution in [0, 0.1) is 23.7 Å². The minimum Gasteiger partial charge on any atom is -0.0991 e. The quantitative estimate of drug-likeness (QED) is 0.451. The number of hydrogen-bond donors (Lipinski definition) is 0. The van der Waals surface area contributed by atoms with Crippen molar-refractivity contribution in [3.05, 3.63) is 37.0 Å². The lowest BCUT2D eigenvalue weighted by molar-refractivity contribution is 0.983. The zero-order valence-corrected chi connectivity index (χ0v) is 8.01. The van der Waals surface area contributed by atoms with Crippen LogP contribution in [-0.4, -0.2) is 0 Å². The molecule has 0 bridgehead atoms. The molecule has 0 spiro atoms. The first-order valence-corrected chi connectivity index (χ1v) is 4.34. The van der Waals surface area contributed by atoms with Gasteiger partial charge in [-0.25, -0.2) is 0 Å². The fourth-order valence-electron chi connectivity index (χ4n) is 0.556. The summed E-state index contributed by atoms with van der Waals surface area (Å²) in [6.07, 6.45) is 11.1. The third-order valence-corrected chi connectivity index (χ3v) is 1.14. The average molecular weight is 170 g/mol. The van der Waals surface area contributed by atoms with E-state index in [0.717, 1.165) is 12.8 Å². The van der Waals surface area contributed by atoms with Crippen molar-refractivity contribution in [2.24, 2.45) is 0 Å². The zero-order valence-electron chi connectivity index (χ0n) is 8.01. The normalized spacial score (nSPS) is 9.00. The standard InChI is InChI=1S/C13H14/c1-3-5-7-9-11-13-12-10-8-6-4-2/h3,5,7,9,11H,1,4,6H2,2H3/b7-5+,11-9+. The Balaban J connectivity index is 3.74. The van der Waals surface area contributed by atoms with Crippen LogP contribution in [0.2, 0.25) is 0 Å². The fourth-order valence-corrected chi connectivity index (χ4v) is 0.556. The molecule has 0 aromatic carbocycles. The largest absolute Gasteiger partial charge is 0.0991 e. The third-order valence-electron chi connectivity index (χ3n) is 1.14. The summed E-state index contributed by atoms with van der Waals surface area (Å²) in [7, 11) is 0. The van der Waals surface area contributed by atoms with E-state index >= 15 is 0 Å². The van der Waals surface area contributed by atoms with E-state index in [0.29, 0.717) is 0 Å². The van der Waals surface area contributed by atoms with Crippen molar-refractivity contribution in [3.8, 4) is 23.7 Å². The number of unbranched alkanes of at least 4 members (excludes halogenated alkanes) is 1. The van der Waals surface area contributed by atoms with Gasteiger partial charge in [-0.3, -0.25) is 0 Å². The lowest BCUT2D eigenvalue weighted by Crippen LogP contribution is -1.59. The SMILES string of the molecule is C=C/C=C/C=C/C#CC#CCCC. The first kappa shape index (κ1) is 11.3. The van der Waals surface area contributed by atoms with Crippen molar-refractivity contribution < 1.29 is 0 Å². The molecule has 0 aromatic rings. The Kier molecular flexibility index (Phi) is 9.02. The van der Waals surface area contributed by atoms with Crippen molar-refractivity contribution in [1.29, 1.82) is 0 Å². The Morgan fingerprint density at radius 1 is 1.15 bits per heavy atom. The molecule has 13 heavy (non-hydrogen) atoms. The highest BCUT2D eigenvalue weighted by atomic mass is 13.7. The summed E-state index contributed by atoms with van der Waals surface area (Å²) in [4.78, 5) is 0. The molecule has 0 aliphatic carbocycles. The van der Waals surface area contributed by atoms with Gasteiger partial charge in [0, 0.05) is 6.42 Å². The highest BCUT2D eigenvalue weighted by molar-refractivity contribution is 5.31. The molecule has 66 valence electrons. The van der Waals surface area contributed by atoms with E-state index in [1.807, 2.05) is 18.2 Å². The highest BCUT2D eigenvalue weighted by Crippen LogP contribution is 1.80. The Hall–Kier alpha value is -1.66. The molecule has 0 fully saturated rings. The smallest absolute Gasteiger partial charge is 0.00963 e. The van der Waals surface area contributed by atoms with Gasteiger partial charge in [0.2, 0.25) is 0 Å². The molecule has 0 aliphatic rings. The molecule has 0 amide bonds. The molecule has 0 aromatic heterocycles. The van der Waals surface area contributed by atoms with Crippen LogP contribution in [0.15, 0.2) is 37.0 Å². The highest BCUT2D eigenvalue weighted by Gasteiger charge is 1.66. The predicted octanol–water partition coefficient (Wildman–Crippen LogP) is 3.09. The van der Waals surface area contributed by atoms with E-state index in [4.69, 9.17) is 0 Å². The molecule has 0 saturated carbocycles. The van der Waals surface area contributed by atoms with E-state index in [1.54, 1.807) is 12.2 Å². The fraction of sp³-hybridized carbons (Fsp3) is 0.231. The van der Waals surface area contributed by atoms with Gasteiger partial charge in [-0.15, -0.1) is 0 Å². The second-order valence-electron chi connectivity index (χ2n) is 2.30. The minimum atomic E-state index is 0.925. The van der Waals surface area contributed by atoms with Crippen molar-refractivity contribution in [2.45, 2.75) is 19.8 Å². The molecule has 0 atom stereocenters. The molecule has 0 heterocycles. The van der Waals surface area contributed by atoms with Gasteiger partial charge in [-0.05, 0) is 24.3 Å². The first-order valence-electron chi connectivity index (χ1n) is 4.34. The van der Waals surface area contributed by atoms with Gasteiger partial charge in [0.15, 0.2) is 0 Å². The van der Waals surface area contributed by atoms with E-state index in [1.165, 1.54) is 0 Å². The summed E-state index contributed by atoms with van der Waals surface area (Å²) in [5, 5.41) is 0. The second kappa shape index (κ2) is 10.3. The third kappa shape index (κ3) is 10.3. The Morgan fingerprint density at radius 2 is 2.00 bits per heavy atom. The molecule has 0 saturated heterocycles. The molecule has 0 rings (SSSR count). The van der Waals surface area contributed by atoms with Crippen LogP contribution in [0.25, 0.3) is 0 Å². The number of hydrogen-bond acceptors (Lipinski definition) is 0. The molecule has 0 nitrogen and oxygen atoms in total. The van der Waals surface area contributed by atoms with Crippen LogP contribution < -0.4 is 0 Å². The maximum absolute atomic E-state index is 3.55. The van der Waals surface area contributed by atoms with E-state index in [2.05, 4.69) is 37.2 Å². The molecular weight excluding hydrogens is 156 g/mol. The summed E-state index contributed by atoms with van der Waals surface area (Å²) in [5.74, 6) is 11.3. The molecular formula is C13H14. The van der Waals surface area contributed by atoms with E-state index < -0.39 is 0 Å². The van der Waals surface area contributed by atoms with Gasteiger partial charge in [0.25, 0.3) is 0 Å². The molecule has 0 unspecified atom stereocenters. The molecule has 0 N–H and O–H groups in total. The summed E-state index contributed by atoms with van der Waals surface area (Å²) in [5.41, 5.74) is 0. The average Bonchev–Trinajstić information content (AvgIpc) is 2.16. The van der Waals surface area contributed by atoms with Crippen LogP contribution in [-0.2, 0) is 0 Å². The minimum absolute atomic E-state index is 0.925. The van der Waals surface area contributed by atoms with Crippen molar-refractivity contribution in [3.63, 3.8) is 0 Å². The van der Waals surface area contributed by atoms with E-state index in [9.17, 15) is 0 Å². The molecule has 0 aliphatic heterocycles. The summed E-state index contributed by atoms with van der Waals surface area (Å²) in [6, 6.07) is 0. The van der Waals surface area contributed by atoms with Crippen LogP contribution in [0.4, 0.5) is 0 Å². The van der Waals surface area contributed by atoms with E-state index in [-0.39, 0.29) is 0 Å². The van der Waals surface area contributed by atoms with Crippen molar-refractivity contribution in [2.75, 3.05) is 0 Å². The van der Waals surface area contributed by atoms with Crippen LogP contribution in [0.3, 0.4) is 0 Å². The van der Waals surface area contributed by atoms with Gasteiger partial charge < -0.3 is 0 Å². The first-order chi connectivity index (χ1) is 6.41. The number of rotatable bonds is 3. The topological polar surface area (TPSA) is 0 Å². The lowest BCUT2D eigenvalue weighted by atomic mass is 10.3. The summed E-state index contributed by atoms with van der Waals surface area (Å²) in [6.45, 7) is 5.65. The van der Waals surface area contributed by atoms with Crippen molar-refractivity contribution >= 4 is 0 Å². The summed E-state index contributed by atoms with van der Waals surface area (Å²) >= 11 is 0. The van der Waals surface area contributed by atoms with Gasteiger partial charge >= 0.3 is 0 Å². The van der Waals surface area contributed by atoms with Crippen LogP contribution in [0.1, 0.15) is 19.8 Å². The Labute approximate surface area is 81.0 Å². The van der Waals surface area contributed by atoms with Gasteiger partial charge in [-0.2, -0.15) is 0 Å². The molecule has 0 radical (unpaired) electrons. The van der Waals surface area contributed by atoms with Crippen molar-refractivity contribution in [1.82, 2.24) is 0 Å². The summed E-state index contributed by atoms with van der Waals surface area (Å²) < 4.78 is 0. The van der Waals surface area contributed by atoms with Gasteiger partial charge in [-0.1, -0.05) is 49.6 Å². The lowest BCUT2D eigenvalue weighted by Gasteiger charge is -1.72. The van der Waals surface area contributed by atoms with Crippen LogP contribution in [0.5, 0.6) is 0 Å². The van der Waals surface area contributed by atoms with Crippen LogP contribution >= 0.6 is 0 Å². The van der Waals surface area contributed by atoms with Gasteiger partial charge in [0.1, 0.15) is 0 Å².